The number of nitrogen functional groups attached to an aromatic ring is 1. The Balaban J connectivity index is 1.70. The van der Waals surface area contributed by atoms with Gasteiger partial charge in [-0.2, -0.15) is 4.68 Å². The van der Waals surface area contributed by atoms with Crippen molar-refractivity contribution in [1.82, 2.24) is 15.0 Å². The summed E-state index contributed by atoms with van der Waals surface area (Å²) in [6.45, 7) is 8.66. The van der Waals surface area contributed by atoms with Crippen LogP contribution in [0.4, 0.5) is 5.69 Å². The Morgan fingerprint density at radius 2 is 1.78 bits per heavy atom. The van der Waals surface area contributed by atoms with Crippen LogP contribution in [0.25, 0.3) is 22.2 Å². The fourth-order valence-corrected chi connectivity index (χ4v) is 5.22. The molecule has 0 spiro atoms. The van der Waals surface area contributed by atoms with Crippen LogP contribution in [-0.4, -0.2) is 27.0 Å². The summed E-state index contributed by atoms with van der Waals surface area (Å²) in [4.78, 5) is 0. The van der Waals surface area contributed by atoms with E-state index in [1.165, 1.54) is 17.4 Å². The molecule has 0 aliphatic heterocycles. The minimum absolute atomic E-state index is 0.321. The van der Waals surface area contributed by atoms with Crippen LogP contribution < -0.4 is 5.73 Å². The van der Waals surface area contributed by atoms with Crippen molar-refractivity contribution in [2.45, 2.75) is 39.5 Å². The molecule has 3 aromatic carbocycles. The van der Waals surface area contributed by atoms with Crippen molar-refractivity contribution in [3.8, 4) is 0 Å². The summed E-state index contributed by atoms with van der Waals surface area (Å²) in [7, 11) is 0. The average molecular weight is 475 g/mol. The highest BCUT2D eigenvalue weighted by Gasteiger charge is 2.25. The first-order valence-electron chi connectivity index (χ1n) is 12.2. The van der Waals surface area contributed by atoms with Crippen molar-refractivity contribution in [2.75, 3.05) is 5.73 Å². The van der Waals surface area contributed by atoms with Gasteiger partial charge in [0.25, 0.3) is 0 Å². The molecule has 4 N–H and O–H groups in total. The summed E-state index contributed by atoms with van der Waals surface area (Å²) >= 11 is 0. The molecule has 1 aliphatic carbocycles. The van der Waals surface area contributed by atoms with Crippen molar-refractivity contribution in [1.29, 1.82) is 10.8 Å². The van der Waals surface area contributed by atoms with Gasteiger partial charge in [0.05, 0.1) is 5.52 Å². The molecule has 36 heavy (non-hydrogen) atoms. The number of anilines is 1. The van der Waals surface area contributed by atoms with Crippen molar-refractivity contribution >= 4 is 39.9 Å². The topological polar surface area (TPSA) is 104 Å². The number of nitrogens with two attached hydrogens (primary N) is 1. The lowest BCUT2D eigenvalue weighted by atomic mass is 9.78. The first-order valence-corrected chi connectivity index (χ1v) is 12.2. The van der Waals surface area contributed by atoms with Crippen molar-refractivity contribution in [2.24, 2.45) is 0 Å². The Kier molecular flexibility index (Phi) is 6.10. The Bertz CT molecular complexity index is 1570. The lowest BCUT2D eigenvalue weighted by Crippen LogP contribution is -2.19. The maximum absolute atomic E-state index is 9.26. The molecule has 1 aliphatic rings. The lowest BCUT2D eigenvalue weighted by molar-refractivity contribution is 0.726. The first-order chi connectivity index (χ1) is 17.4. The highest BCUT2D eigenvalue weighted by molar-refractivity contribution is 6.08. The van der Waals surface area contributed by atoms with E-state index >= 15 is 0 Å². The number of hydrogen-bond donors (Lipinski definition) is 3. The van der Waals surface area contributed by atoms with Crippen LogP contribution >= 0.6 is 0 Å². The van der Waals surface area contributed by atoms with Crippen LogP contribution in [0, 0.1) is 24.7 Å². The number of nitrogens with zero attached hydrogens (tertiary/aromatic N) is 3. The van der Waals surface area contributed by atoms with E-state index in [2.05, 4.69) is 42.9 Å². The zero-order valence-corrected chi connectivity index (χ0v) is 20.7. The number of aromatic nitrogens is 3. The van der Waals surface area contributed by atoms with Gasteiger partial charge in [0.15, 0.2) is 5.84 Å². The van der Waals surface area contributed by atoms with Gasteiger partial charge in [-0.05, 0) is 103 Å². The van der Waals surface area contributed by atoms with Crippen molar-refractivity contribution in [3.05, 3.63) is 100 Å². The fourth-order valence-electron chi connectivity index (χ4n) is 5.22. The first kappa shape index (κ1) is 23.4. The zero-order valence-electron chi connectivity index (χ0n) is 20.7. The summed E-state index contributed by atoms with van der Waals surface area (Å²) < 4.78 is 1.63. The molecule has 6 nitrogen and oxygen atoms in total. The molecule has 5 rings (SSSR count). The largest absolute Gasteiger partial charge is 0.398 e. The Hall–Kier alpha value is -4.32. The number of aryl methyl sites for hydroxylation is 2. The van der Waals surface area contributed by atoms with E-state index in [0.717, 1.165) is 70.1 Å². The maximum Gasteiger partial charge on any atom is 0.156 e. The summed E-state index contributed by atoms with van der Waals surface area (Å²) in [6.07, 6.45) is 5.31. The van der Waals surface area contributed by atoms with Gasteiger partial charge in [-0.3, -0.25) is 5.41 Å². The Morgan fingerprint density at radius 3 is 2.58 bits per heavy atom. The molecular weight excluding hydrogens is 444 g/mol. The number of rotatable bonds is 5. The van der Waals surface area contributed by atoms with Gasteiger partial charge < -0.3 is 11.1 Å². The zero-order chi connectivity index (χ0) is 25.4. The van der Waals surface area contributed by atoms with Gasteiger partial charge in [-0.15, -0.1) is 5.10 Å². The van der Waals surface area contributed by atoms with Crippen molar-refractivity contribution < 1.29 is 0 Å². The summed E-state index contributed by atoms with van der Waals surface area (Å²) in [5.41, 5.74) is 17.4. The number of allylic oxidation sites excluding steroid dienone is 3. The highest BCUT2D eigenvalue weighted by atomic mass is 15.4. The Morgan fingerprint density at radius 1 is 1.03 bits per heavy atom. The molecule has 0 saturated heterocycles. The Labute approximate surface area is 211 Å². The smallest absolute Gasteiger partial charge is 0.156 e. The monoisotopic (exact) mass is 474 g/mol. The van der Waals surface area contributed by atoms with Crippen LogP contribution in [-0.2, 0) is 0 Å². The number of hydrogen-bond acceptors (Lipinski definition) is 5. The third kappa shape index (κ3) is 3.94. The predicted molar refractivity (Wildman–Crippen MR) is 149 cm³/mol. The van der Waals surface area contributed by atoms with Crippen LogP contribution in [0.5, 0.6) is 0 Å². The second-order valence-corrected chi connectivity index (χ2v) is 9.42. The second-order valence-electron chi connectivity index (χ2n) is 9.42. The van der Waals surface area contributed by atoms with Crippen LogP contribution in [0.1, 0.15) is 59.1 Å². The van der Waals surface area contributed by atoms with Gasteiger partial charge in [-0.25, -0.2) is 0 Å². The van der Waals surface area contributed by atoms with Crippen LogP contribution in [0.3, 0.4) is 0 Å². The quantitative estimate of drug-likeness (QED) is 0.174. The molecule has 0 fully saturated rings. The number of para-hydroxylation sites is 1. The minimum atomic E-state index is 0.321. The number of nitrogens with one attached hydrogen (secondary N) is 2. The molecule has 180 valence electrons. The molecule has 0 unspecified atom stereocenters. The van der Waals surface area contributed by atoms with Gasteiger partial charge >= 0.3 is 0 Å². The summed E-state index contributed by atoms with van der Waals surface area (Å²) in [6, 6.07) is 17.7. The minimum Gasteiger partial charge on any atom is -0.398 e. The summed E-state index contributed by atoms with van der Waals surface area (Å²) in [5.74, 6) is 0.321. The molecule has 0 atom stereocenters. The highest BCUT2D eigenvalue weighted by Crippen LogP contribution is 2.42. The average Bonchev–Trinajstić information content (AvgIpc) is 3.33. The van der Waals surface area contributed by atoms with Gasteiger partial charge in [0.2, 0.25) is 0 Å². The van der Waals surface area contributed by atoms with E-state index in [1.54, 1.807) is 4.68 Å². The van der Waals surface area contributed by atoms with Crippen LogP contribution in [0.2, 0.25) is 0 Å². The normalized spacial score (nSPS) is 13.7. The van der Waals surface area contributed by atoms with Crippen molar-refractivity contribution in [3.63, 3.8) is 0 Å². The molecule has 0 radical (unpaired) electrons. The maximum atomic E-state index is 9.26. The summed E-state index contributed by atoms with van der Waals surface area (Å²) in [5, 5.41) is 25.6. The standard InChI is InChI=1S/C30H30N6/c1-18-12-13-19(2)29(30(33)36-27-11-7-6-10-26(27)34-35-36)28(18)24-9-5-4-8-23(24)20(3)21-14-15-25(32)22(16-21)17-31/h6-7,10-17,31,33H,3-5,8-9,32H2,1-2H3. The second kappa shape index (κ2) is 9.38. The van der Waals surface area contributed by atoms with E-state index in [4.69, 9.17) is 11.1 Å². The third-order valence-electron chi connectivity index (χ3n) is 7.15. The van der Waals surface area contributed by atoms with Crippen LogP contribution in [0.15, 0.2) is 66.7 Å². The van der Waals surface area contributed by atoms with Gasteiger partial charge in [0.1, 0.15) is 5.52 Å². The molecule has 1 heterocycles. The molecule has 6 heteroatoms. The number of fused-ring (bicyclic) bond motifs is 1. The lowest BCUT2D eigenvalue weighted by Gasteiger charge is -2.27. The van der Waals surface area contributed by atoms with E-state index in [1.807, 2.05) is 42.5 Å². The molecule has 0 saturated carbocycles. The van der Waals surface area contributed by atoms with E-state index in [-0.39, 0.29) is 0 Å². The number of benzene rings is 3. The fraction of sp³-hybridized carbons (Fsp3) is 0.200. The van der Waals surface area contributed by atoms with E-state index in [0.29, 0.717) is 17.1 Å². The molecule has 1 aromatic heterocycles. The molecule has 0 bridgehead atoms. The molecule has 4 aromatic rings. The van der Waals surface area contributed by atoms with Gasteiger partial charge in [0, 0.05) is 23.0 Å². The van der Waals surface area contributed by atoms with E-state index < -0.39 is 0 Å². The SMILES string of the molecule is C=C(C1=C(c2c(C)ccc(C)c2C(=N)n2nnc3ccccc32)CCCC1)c1ccc(N)c(C=N)c1. The van der Waals surface area contributed by atoms with Gasteiger partial charge in [-0.1, -0.05) is 42.1 Å². The molecular formula is C30H30N6. The predicted octanol–water partition coefficient (Wildman–Crippen LogP) is 6.54. The third-order valence-corrected chi connectivity index (χ3v) is 7.15. The molecule has 0 amide bonds. The van der Waals surface area contributed by atoms with E-state index in [9.17, 15) is 5.41 Å².